The average molecular weight is 314 g/mol. The van der Waals surface area contributed by atoms with Gasteiger partial charge in [-0.1, -0.05) is 6.92 Å². The van der Waals surface area contributed by atoms with Gasteiger partial charge in [-0.25, -0.2) is 8.42 Å². The van der Waals surface area contributed by atoms with E-state index in [1.165, 1.54) is 0 Å². The van der Waals surface area contributed by atoms with Crippen LogP contribution in [0, 0.1) is 6.92 Å². The predicted octanol–water partition coefficient (Wildman–Crippen LogP) is 2.09. The van der Waals surface area contributed by atoms with Crippen LogP contribution in [0.15, 0.2) is 12.1 Å². The minimum atomic E-state index is -3.07. The molecule has 0 saturated carbocycles. The second-order valence-corrected chi connectivity index (χ2v) is 8.02. The van der Waals surface area contributed by atoms with Crippen molar-refractivity contribution in [2.75, 3.05) is 18.9 Å². The molecule has 0 spiro atoms. The Kier molecular flexibility index (Phi) is 7.11. The molecule has 1 heterocycles. The minimum absolute atomic E-state index is 0.0281. The van der Waals surface area contributed by atoms with Crippen LogP contribution in [0.4, 0.5) is 0 Å². The molecule has 1 aromatic heterocycles. The third-order valence-electron chi connectivity index (χ3n) is 3.13. The van der Waals surface area contributed by atoms with E-state index in [9.17, 15) is 8.42 Å². The Morgan fingerprint density at radius 3 is 2.67 bits per heavy atom. The maximum atomic E-state index is 11.8. The van der Waals surface area contributed by atoms with Crippen molar-refractivity contribution in [2.24, 2.45) is 0 Å². The summed E-state index contributed by atoms with van der Waals surface area (Å²) >= 11 is 0. The van der Waals surface area contributed by atoms with Gasteiger partial charge in [-0.15, -0.1) is 0 Å². The summed E-state index contributed by atoms with van der Waals surface area (Å²) in [7, 11) is -3.07. The molecule has 0 amide bonds. The van der Waals surface area contributed by atoms with E-state index >= 15 is 0 Å². The van der Waals surface area contributed by atoms with E-state index in [0.717, 1.165) is 24.4 Å². The number of hydrogen-bond acceptors (Lipinski definition) is 5. The molecule has 0 radical (unpaired) electrons. The van der Waals surface area contributed by atoms with Crippen molar-refractivity contribution >= 4 is 9.84 Å². The number of aromatic nitrogens is 1. The van der Waals surface area contributed by atoms with Gasteiger partial charge in [0.15, 0.2) is 9.84 Å². The van der Waals surface area contributed by atoms with E-state index in [1.807, 2.05) is 19.1 Å². The van der Waals surface area contributed by atoms with E-state index in [0.29, 0.717) is 12.3 Å². The fourth-order valence-corrected chi connectivity index (χ4v) is 2.53. The third-order valence-corrected chi connectivity index (χ3v) is 5.31. The lowest BCUT2D eigenvalue weighted by Gasteiger charge is -2.13. The van der Waals surface area contributed by atoms with Crippen molar-refractivity contribution < 1.29 is 13.2 Å². The van der Waals surface area contributed by atoms with E-state index in [4.69, 9.17) is 4.74 Å². The average Bonchev–Trinajstić information content (AvgIpc) is 2.41. The quantitative estimate of drug-likeness (QED) is 0.707. The lowest BCUT2D eigenvalue weighted by molar-refractivity contribution is 0.333. The Hall–Kier alpha value is -1.14. The summed E-state index contributed by atoms with van der Waals surface area (Å²) in [6.45, 7) is 9.09. The summed E-state index contributed by atoms with van der Waals surface area (Å²) < 4.78 is 29.2. The molecule has 0 bridgehead atoms. The first-order chi connectivity index (χ1) is 9.86. The van der Waals surface area contributed by atoms with E-state index in [1.54, 1.807) is 13.8 Å². The van der Waals surface area contributed by atoms with Gasteiger partial charge in [0, 0.05) is 12.2 Å². The van der Waals surface area contributed by atoms with Crippen molar-refractivity contribution in [2.45, 2.75) is 45.9 Å². The number of sulfone groups is 1. The van der Waals surface area contributed by atoms with Gasteiger partial charge in [-0.2, -0.15) is 0 Å². The van der Waals surface area contributed by atoms with Crippen LogP contribution in [-0.4, -0.2) is 37.6 Å². The van der Waals surface area contributed by atoms with Crippen molar-refractivity contribution in [3.63, 3.8) is 0 Å². The highest BCUT2D eigenvalue weighted by atomic mass is 32.2. The predicted molar refractivity (Wildman–Crippen MR) is 85.4 cm³/mol. The van der Waals surface area contributed by atoms with Crippen LogP contribution < -0.4 is 10.1 Å². The summed E-state index contributed by atoms with van der Waals surface area (Å²) in [5.74, 6) is 0.684. The van der Waals surface area contributed by atoms with E-state index in [-0.39, 0.29) is 17.6 Å². The van der Waals surface area contributed by atoms with Crippen molar-refractivity contribution in [1.82, 2.24) is 10.3 Å². The van der Waals surface area contributed by atoms with Gasteiger partial charge in [-0.3, -0.25) is 4.98 Å². The van der Waals surface area contributed by atoms with Crippen molar-refractivity contribution in [3.05, 3.63) is 23.5 Å². The van der Waals surface area contributed by atoms with Crippen LogP contribution in [0.5, 0.6) is 5.75 Å². The number of pyridine rings is 1. The van der Waals surface area contributed by atoms with Crippen LogP contribution >= 0.6 is 0 Å². The van der Waals surface area contributed by atoms with Gasteiger partial charge in [0.05, 0.1) is 16.7 Å². The summed E-state index contributed by atoms with van der Waals surface area (Å²) in [4.78, 5) is 4.46. The summed E-state index contributed by atoms with van der Waals surface area (Å²) in [5, 5.41) is 2.91. The molecule has 1 N–H and O–H groups in total. The first kappa shape index (κ1) is 17.9. The van der Waals surface area contributed by atoms with Crippen LogP contribution in [0.1, 0.15) is 38.6 Å². The zero-order chi connectivity index (χ0) is 15.9. The summed E-state index contributed by atoms with van der Waals surface area (Å²) in [6, 6.07) is 3.73. The smallest absolute Gasteiger partial charge is 0.155 e. The first-order valence-electron chi connectivity index (χ1n) is 7.38. The molecular formula is C15H26N2O3S. The standard InChI is InChI=1S/C15H26N2O3S/c1-5-8-16-11-14-15(7-6-13(4)17-14)20-9-10-21(18,19)12(2)3/h6-7,12,16H,5,8-11H2,1-4H3. The second-order valence-electron chi connectivity index (χ2n) is 5.34. The Morgan fingerprint density at radius 1 is 1.33 bits per heavy atom. The molecule has 1 aromatic rings. The first-order valence-corrected chi connectivity index (χ1v) is 9.10. The summed E-state index contributed by atoms with van der Waals surface area (Å²) in [5.41, 5.74) is 1.75. The number of hydrogen-bond donors (Lipinski definition) is 1. The monoisotopic (exact) mass is 314 g/mol. The van der Waals surface area contributed by atoms with Crippen LogP contribution in [0.25, 0.3) is 0 Å². The van der Waals surface area contributed by atoms with Crippen molar-refractivity contribution in [3.8, 4) is 5.75 Å². The van der Waals surface area contributed by atoms with E-state index in [2.05, 4.69) is 17.2 Å². The Bertz CT molecular complexity index is 542. The molecule has 0 saturated heterocycles. The fraction of sp³-hybridized carbons (Fsp3) is 0.667. The highest BCUT2D eigenvalue weighted by Crippen LogP contribution is 2.17. The number of rotatable bonds is 9. The molecule has 0 aliphatic heterocycles. The molecule has 0 aliphatic rings. The molecule has 0 aliphatic carbocycles. The fourth-order valence-electron chi connectivity index (χ4n) is 1.74. The van der Waals surface area contributed by atoms with Crippen LogP contribution in [0.2, 0.25) is 0 Å². The lowest BCUT2D eigenvalue weighted by atomic mass is 10.2. The second kappa shape index (κ2) is 8.34. The largest absolute Gasteiger partial charge is 0.491 e. The minimum Gasteiger partial charge on any atom is -0.491 e. The van der Waals surface area contributed by atoms with Gasteiger partial charge in [0.25, 0.3) is 0 Å². The maximum Gasteiger partial charge on any atom is 0.155 e. The molecule has 6 heteroatoms. The number of nitrogens with one attached hydrogen (secondary N) is 1. The SMILES string of the molecule is CCCNCc1nc(C)ccc1OCCS(=O)(=O)C(C)C. The number of nitrogens with zero attached hydrogens (tertiary/aromatic N) is 1. The normalized spacial score (nSPS) is 11.9. The highest BCUT2D eigenvalue weighted by molar-refractivity contribution is 7.91. The van der Waals surface area contributed by atoms with E-state index < -0.39 is 9.84 Å². The topological polar surface area (TPSA) is 68.3 Å². The van der Waals surface area contributed by atoms with Gasteiger partial charge in [0.2, 0.25) is 0 Å². The Balaban J connectivity index is 2.65. The third kappa shape index (κ3) is 6.01. The molecule has 0 atom stereocenters. The van der Waals surface area contributed by atoms with Crippen molar-refractivity contribution in [1.29, 1.82) is 0 Å². The molecule has 0 aromatic carbocycles. The molecule has 0 fully saturated rings. The molecule has 1 rings (SSSR count). The molecule has 120 valence electrons. The molecule has 0 unspecified atom stereocenters. The lowest BCUT2D eigenvalue weighted by Crippen LogP contribution is -2.22. The Morgan fingerprint density at radius 2 is 2.05 bits per heavy atom. The molecular weight excluding hydrogens is 288 g/mol. The number of ether oxygens (including phenoxy) is 1. The maximum absolute atomic E-state index is 11.8. The van der Waals surface area contributed by atoms with Gasteiger partial charge in [0.1, 0.15) is 12.4 Å². The highest BCUT2D eigenvalue weighted by Gasteiger charge is 2.16. The molecule has 5 nitrogen and oxygen atoms in total. The zero-order valence-electron chi connectivity index (χ0n) is 13.3. The zero-order valence-corrected chi connectivity index (χ0v) is 14.2. The van der Waals surface area contributed by atoms with Crippen LogP contribution in [-0.2, 0) is 16.4 Å². The van der Waals surface area contributed by atoms with Gasteiger partial charge >= 0.3 is 0 Å². The van der Waals surface area contributed by atoms with Gasteiger partial charge < -0.3 is 10.1 Å². The number of aryl methyl sites for hydroxylation is 1. The molecule has 21 heavy (non-hydrogen) atoms. The Labute approximate surface area is 128 Å². The summed E-state index contributed by atoms with van der Waals surface area (Å²) in [6.07, 6.45) is 1.05. The van der Waals surface area contributed by atoms with Crippen LogP contribution in [0.3, 0.4) is 0 Å². The van der Waals surface area contributed by atoms with Gasteiger partial charge in [-0.05, 0) is 45.9 Å².